The number of hydrogen-bond donors (Lipinski definition) is 1. The minimum absolute atomic E-state index is 0.319. The van der Waals surface area contributed by atoms with Gasteiger partial charge < -0.3 is 15.2 Å². The predicted octanol–water partition coefficient (Wildman–Crippen LogP) is 3.98. The van der Waals surface area contributed by atoms with Crippen molar-refractivity contribution in [3.05, 3.63) is 57.6 Å². The number of ether oxygens (including phenoxy) is 2. The molecule has 0 aliphatic rings. The molecule has 0 saturated heterocycles. The van der Waals surface area contributed by atoms with Gasteiger partial charge in [-0.1, -0.05) is 36.5 Å². The molecule has 3 nitrogen and oxygen atoms in total. The summed E-state index contributed by atoms with van der Waals surface area (Å²) in [5, 5.41) is 0. The first-order chi connectivity index (χ1) is 10.0. The second-order valence-corrected chi connectivity index (χ2v) is 5.86. The third-order valence-electron chi connectivity index (χ3n) is 3.15. The first-order valence-electron chi connectivity index (χ1n) is 6.37. The molecule has 0 spiro atoms. The number of aryl methyl sites for hydroxylation is 1. The summed E-state index contributed by atoms with van der Waals surface area (Å²) in [5.74, 6) is 1.24. The highest BCUT2D eigenvalue weighted by Gasteiger charge is 2.13. The standard InChI is InChI=1S/C16H16BrNO2S/c1-10-5-3-4-6-11(10)9-20-15-13(17)7-12(16(18)21)8-14(15)19-2/h3-8H,9H2,1-2H3,(H2,18,21). The second kappa shape index (κ2) is 6.91. The Morgan fingerprint density at radius 1 is 1.29 bits per heavy atom. The molecule has 2 rings (SSSR count). The predicted molar refractivity (Wildman–Crippen MR) is 92.1 cm³/mol. The Bertz CT molecular complexity index is 673. The zero-order valence-corrected chi connectivity index (χ0v) is 14.3. The quantitative estimate of drug-likeness (QED) is 0.813. The van der Waals surface area contributed by atoms with E-state index < -0.39 is 0 Å². The molecule has 110 valence electrons. The molecule has 0 unspecified atom stereocenters. The number of halogens is 1. The highest BCUT2D eigenvalue weighted by molar-refractivity contribution is 9.10. The van der Waals surface area contributed by atoms with Crippen LogP contribution >= 0.6 is 28.1 Å². The number of benzene rings is 2. The number of methoxy groups -OCH3 is 1. The van der Waals surface area contributed by atoms with Crippen molar-refractivity contribution < 1.29 is 9.47 Å². The lowest BCUT2D eigenvalue weighted by atomic mass is 10.1. The zero-order valence-electron chi connectivity index (χ0n) is 11.9. The smallest absolute Gasteiger partial charge is 0.175 e. The minimum atomic E-state index is 0.319. The monoisotopic (exact) mass is 365 g/mol. The lowest BCUT2D eigenvalue weighted by Gasteiger charge is -2.15. The molecule has 0 atom stereocenters. The molecule has 0 fully saturated rings. The Hall–Kier alpha value is -1.59. The molecule has 0 radical (unpaired) electrons. The van der Waals surface area contributed by atoms with Gasteiger partial charge >= 0.3 is 0 Å². The lowest BCUT2D eigenvalue weighted by Crippen LogP contribution is -2.10. The van der Waals surface area contributed by atoms with Gasteiger partial charge in [0.05, 0.1) is 11.6 Å². The van der Waals surface area contributed by atoms with Crippen LogP contribution in [0.3, 0.4) is 0 Å². The van der Waals surface area contributed by atoms with Gasteiger partial charge in [-0.2, -0.15) is 0 Å². The Balaban J connectivity index is 2.28. The van der Waals surface area contributed by atoms with Gasteiger partial charge in [0.15, 0.2) is 11.5 Å². The average molecular weight is 366 g/mol. The normalized spacial score (nSPS) is 10.2. The zero-order chi connectivity index (χ0) is 15.4. The fourth-order valence-corrected chi connectivity index (χ4v) is 2.60. The maximum atomic E-state index is 5.90. The van der Waals surface area contributed by atoms with Crippen molar-refractivity contribution in [2.45, 2.75) is 13.5 Å². The van der Waals surface area contributed by atoms with E-state index >= 15 is 0 Å². The highest BCUT2D eigenvalue weighted by Crippen LogP contribution is 2.37. The van der Waals surface area contributed by atoms with E-state index in [4.69, 9.17) is 27.4 Å². The Morgan fingerprint density at radius 2 is 2.00 bits per heavy atom. The van der Waals surface area contributed by atoms with Gasteiger partial charge in [0, 0.05) is 5.56 Å². The molecule has 0 amide bonds. The molecule has 2 aromatic carbocycles. The Morgan fingerprint density at radius 3 is 2.62 bits per heavy atom. The fraction of sp³-hybridized carbons (Fsp3) is 0.188. The van der Waals surface area contributed by atoms with Gasteiger partial charge in [-0.05, 0) is 46.1 Å². The number of rotatable bonds is 5. The van der Waals surface area contributed by atoms with E-state index in [0.717, 1.165) is 15.6 Å². The molecular weight excluding hydrogens is 350 g/mol. The Kier molecular flexibility index (Phi) is 5.20. The van der Waals surface area contributed by atoms with Crippen LogP contribution in [0.25, 0.3) is 0 Å². The molecule has 0 bridgehead atoms. The molecule has 21 heavy (non-hydrogen) atoms. The first kappa shape index (κ1) is 15.8. The van der Waals surface area contributed by atoms with E-state index in [-0.39, 0.29) is 0 Å². The van der Waals surface area contributed by atoms with Crippen LogP contribution in [0, 0.1) is 6.92 Å². The van der Waals surface area contributed by atoms with Crippen molar-refractivity contribution in [3.63, 3.8) is 0 Å². The van der Waals surface area contributed by atoms with Crippen LogP contribution in [0.1, 0.15) is 16.7 Å². The number of hydrogen-bond acceptors (Lipinski definition) is 3. The van der Waals surface area contributed by atoms with Crippen molar-refractivity contribution in [2.24, 2.45) is 5.73 Å². The van der Waals surface area contributed by atoms with Crippen molar-refractivity contribution in [2.75, 3.05) is 7.11 Å². The molecule has 0 saturated carbocycles. The van der Waals surface area contributed by atoms with Crippen LogP contribution in [0.2, 0.25) is 0 Å². The van der Waals surface area contributed by atoms with Crippen LogP contribution in [0.5, 0.6) is 11.5 Å². The SMILES string of the molecule is COc1cc(C(N)=S)cc(Br)c1OCc1ccccc1C. The highest BCUT2D eigenvalue weighted by atomic mass is 79.9. The van der Waals surface area contributed by atoms with Crippen molar-refractivity contribution in [3.8, 4) is 11.5 Å². The molecule has 2 aromatic rings. The van der Waals surface area contributed by atoms with E-state index in [2.05, 4.69) is 28.9 Å². The largest absolute Gasteiger partial charge is 0.493 e. The van der Waals surface area contributed by atoms with Gasteiger partial charge in [0.2, 0.25) is 0 Å². The van der Waals surface area contributed by atoms with Gasteiger partial charge in [-0.25, -0.2) is 0 Å². The first-order valence-corrected chi connectivity index (χ1v) is 7.57. The molecule has 0 aliphatic heterocycles. The van der Waals surface area contributed by atoms with E-state index in [1.807, 2.05) is 24.3 Å². The van der Waals surface area contributed by atoms with E-state index in [1.165, 1.54) is 5.56 Å². The van der Waals surface area contributed by atoms with Crippen LogP contribution in [-0.4, -0.2) is 12.1 Å². The van der Waals surface area contributed by atoms with E-state index in [0.29, 0.717) is 23.1 Å². The number of thiocarbonyl (C=S) groups is 1. The van der Waals surface area contributed by atoms with E-state index in [9.17, 15) is 0 Å². The molecular formula is C16H16BrNO2S. The molecule has 5 heteroatoms. The van der Waals surface area contributed by atoms with Gasteiger partial charge in [-0.15, -0.1) is 0 Å². The lowest BCUT2D eigenvalue weighted by molar-refractivity contribution is 0.282. The van der Waals surface area contributed by atoms with Crippen LogP contribution < -0.4 is 15.2 Å². The second-order valence-electron chi connectivity index (χ2n) is 4.57. The summed E-state index contributed by atoms with van der Waals surface area (Å²) in [5.41, 5.74) is 8.71. The third kappa shape index (κ3) is 3.74. The molecule has 0 aromatic heterocycles. The summed E-state index contributed by atoms with van der Waals surface area (Å²) in [4.78, 5) is 0.319. The van der Waals surface area contributed by atoms with Gasteiger partial charge in [0.1, 0.15) is 11.6 Å². The fourth-order valence-electron chi connectivity index (χ4n) is 1.92. The summed E-state index contributed by atoms with van der Waals surface area (Å²) in [6.45, 7) is 2.52. The van der Waals surface area contributed by atoms with Crippen LogP contribution in [0.15, 0.2) is 40.9 Å². The van der Waals surface area contributed by atoms with Crippen molar-refractivity contribution >= 4 is 33.1 Å². The third-order valence-corrected chi connectivity index (χ3v) is 3.97. The Labute approximate surface area is 138 Å². The van der Waals surface area contributed by atoms with E-state index in [1.54, 1.807) is 13.2 Å². The summed E-state index contributed by atoms with van der Waals surface area (Å²) in [6, 6.07) is 11.7. The summed E-state index contributed by atoms with van der Waals surface area (Å²) in [7, 11) is 1.59. The van der Waals surface area contributed by atoms with Crippen molar-refractivity contribution in [1.82, 2.24) is 0 Å². The van der Waals surface area contributed by atoms with Gasteiger partial charge in [0.25, 0.3) is 0 Å². The molecule has 0 aliphatic carbocycles. The summed E-state index contributed by atoms with van der Waals surface area (Å²) < 4.78 is 12.0. The number of nitrogens with two attached hydrogens (primary N) is 1. The summed E-state index contributed by atoms with van der Waals surface area (Å²) in [6.07, 6.45) is 0. The van der Waals surface area contributed by atoms with Crippen LogP contribution in [0.4, 0.5) is 0 Å². The van der Waals surface area contributed by atoms with Crippen LogP contribution in [-0.2, 0) is 6.61 Å². The molecule has 0 heterocycles. The molecule has 2 N–H and O–H groups in total. The van der Waals surface area contributed by atoms with Gasteiger partial charge in [-0.3, -0.25) is 0 Å². The average Bonchev–Trinajstić information content (AvgIpc) is 2.46. The van der Waals surface area contributed by atoms with Crippen molar-refractivity contribution in [1.29, 1.82) is 0 Å². The summed E-state index contributed by atoms with van der Waals surface area (Å²) >= 11 is 8.47. The minimum Gasteiger partial charge on any atom is -0.493 e. The topological polar surface area (TPSA) is 44.5 Å². The maximum Gasteiger partial charge on any atom is 0.175 e. The maximum absolute atomic E-state index is 5.90.